The number of H-pyrrole nitrogens is 2. The highest BCUT2D eigenvalue weighted by Gasteiger charge is 2.28. The normalized spacial score (nSPS) is 11.6. The second kappa shape index (κ2) is 7.56. The lowest BCUT2D eigenvalue weighted by molar-refractivity contribution is 0.0687. The van der Waals surface area contributed by atoms with E-state index in [1.807, 2.05) is 0 Å². The maximum atomic E-state index is 15.1. The Kier molecular flexibility index (Phi) is 4.46. The molecule has 9 heteroatoms. The summed E-state index contributed by atoms with van der Waals surface area (Å²) in [6, 6.07) is 14.1. The Morgan fingerprint density at radius 1 is 1.06 bits per heavy atom. The van der Waals surface area contributed by atoms with Gasteiger partial charge in [0.05, 0.1) is 34.8 Å². The number of aromatic amines is 2. The lowest BCUT2D eigenvalue weighted by Gasteiger charge is -2.11. The summed E-state index contributed by atoms with van der Waals surface area (Å²) in [5, 5.41) is 12.1. The molecule has 6 aromatic rings. The minimum Gasteiger partial charge on any atom is -0.477 e. The fraction of sp³-hybridized carbons (Fsp3) is 0.0385. The quantitative estimate of drug-likeness (QED) is 0.352. The van der Waals surface area contributed by atoms with Crippen LogP contribution in [-0.2, 0) is 6.54 Å². The highest BCUT2D eigenvalue weighted by atomic mass is 19.1. The Labute approximate surface area is 194 Å². The van der Waals surface area contributed by atoms with Crippen LogP contribution in [0.3, 0.4) is 0 Å². The molecule has 6 rings (SSSR count). The van der Waals surface area contributed by atoms with Gasteiger partial charge < -0.3 is 24.1 Å². The Bertz CT molecular complexity index is 1930. The molecule has 0 atom stereocenters. The van der Waals surface area contributed by atoms with E-state index in [4.69, 9.17) is 4.42 Å². The van der Waals surface area contributed by atoms with Gasteiger partial charge >= 0.3 is 5.97 Å². The van der Waals surface area contributed by atoms with Crippen molar-refractivity contribution in [1.82, 2.24) is 14.5 Å². The molecule has 35 heavy (non-hydrogen) atoms. The number of aromatic carboxylic acids is 1. The Balaban J connectivity index is 1.70. The molecule has 0 radical (unpaired) electrons. The molecule has 0 unspecified atom stereocenters. The van der Waals surface area contributed by atoms with Crippen molar-refractivity contribution in [3.05, 3.63) is 105 Å². The zero-order valence-electron chi connectivity index (χ0n) is 18.0. The van der Waals surface area contributed by atoms with Crippen LogP contribution in [0.2, 0.25) is 0 Å². The van der Waals surface area contributed by atoms with Crippen molar-refractivity contribution in [3.63, 3.8) is 0 Å². The standard InChI is InChI=1S/C26H16FN3O5/c27-17-11-18-14(4-6-20(31)29-18)10-15(17)12-30-19-5-3-13-7-9-35-24(13)22(19)21(23(30)26(33)34)16-2-1-8-28-25(16)32/h1-11H,12H2,(H,28,32)(H,29,31)(H,33,34). The van der Waals surface area contributed by atoms with Gasteiger partial charge in [-0.15, -0.1) is 0 Å². The first-order valence-electron chi connectivity index (χ1n) is 10.7. The van der Waals surface area contributed by atoms with Crippen LogP contribution in [-0.4, -0.2) is 25.6 Å². The number of aromatic nitrogens is 3. The smallest absolute Gasteiger partial charge is 0.353 e. The number of carboxylic acids is 1. The van der Waals surface area contributed by atoms with E-state index in [-0.39, 0.29) is 34.5 Å². The van der Waals surface area contributed by atoms with Crippen LogP contribution in [0.4, 0.5) is 4.39 Å². The van der Waals surface area contributed by atoms with Crippen molar-refractivity contribution in [2.75, 3.05) is 0 Å². The van der Waals surface area contributed by atoms with Crippen molar-refractivity contribution in [2.45, 2.75) is 6.54 Å². The third-order valence-electron chi connectivity index (χ3n) is 6.16. The predicted molar refractivity (Wildman–Crippen MR) is 128 cm³/mol. The average Bonchev–Trinajstić information content (AvgIpc) is 3.42. The van der Waals surface area contributed by atoms with Gasteiger partial charge in [0.2, 0.25) is 5.56 Å². The number of nitrogens with zero attached hydrogens (tertiary/aromatic N) is 1. The first-order chi connectivity index (χ1) is 16.9. The number of nitrogens with one attached hydrogen (secondary N) is 2. The van der Waals surface area contributed by atoms with Crippen LogP contribution < -0.4 is 11.1 Å². The molecule has 0 saturated carbocycles. The van der Waals surface area contributed by atoms with Crippen molar-refractivity contribution in [3.8, 4) is 11.1 Å². The molecule has 0 aliphatic carbocycles. The molecule has 0 fully saturated rings. The molecule has 0 amide bonds. The fourth-order valence-electron chi connectivity index (χ4n) is 4.64. The fourth-order valence-corrected chi connectivity index (χ4v) is 4.64. The van der Waals surface area contributed by atoms with E-state index in [0.29, 0.717) is 27.4 Å². The van der Waals surface area contributed by atoms with E-state index in [9.17, 15) is 19.5 Å². The molecule has 4 aromatic heterocycles. The molecule has 0 spiro atoms. The van der Waals surface area contributed by atoms with Gasteiger partial charge in [0.1, 0.15) is 17.1 Å². The first-order valence-corrected chi connectivity index (χ1v) is 10.7. The molecule has 172 valence electrons. The zero-order chi connectivity index (χ0) is 24.3. The van der Waals surface area contributed by atoms with Crippen molar-refractivity contribution in [2.24, 2.45) is 0 Å². The van der Waals surface area contributed by atoms with Gasteiger partial charge in [-0.3, -0.25) is 9.59 Å². The third kappa shape index (κ3) is 3.17. The van der Waals surface area contributed by atoms with Gasteiger partial charge in [-0.25, -0.2) is 9.18 Å². The largest absolute Gasteiger partial charge is 0.477 e. The minimum atomic E-state index is -1.27. The number of fused-ring (bicyclic) bond motifs is 4. The molecular formula is C26H16FN3O5. The first kappa shape index (κ1) is 20.7. The van der Waals surface area contributed by atoms with E-state index >= 15 is 4.39 Å². The maximum Gasteiger partial charge on any atom is 0.353 e. The van der Waals surface area contributed by atoms with Gasteiger partial charge in [-0.2, -0.15) is 0 Å². The number of halogens is 1. The van der Waals surface area contributed by atoms with Crippen LogP contribution in [0.5, 0.6) is 0 Å². The molecule has 8 nitrogen and oxygen atoms in total. The lowest BCUT2D eigenvalue weighted by atomic mass is 10.0. The molecular weight excluding hydrogens is 453 g/mol. The van der Waals surface area contributed by atoms with Crippen LogP contribution in [0.15, 0.2) is 81.1 Å². The summed E-state index contributed by atoms with van der Waals surface area (Å²) in [5.41, 5.74) is 0.840. The van der Waals surface area contributed by atoms with Gasteiger partial charge in [-0.05, 0) is 53.9 Å². The van der Waals surface area contributed by atoms with Crippen molar-refractivity contribution >= 4 is 38.7 Å². The predicted octanol–water partition coefficient (Wildman–Crippen LogP) is 4.47. The highest BCUT2D eigenvalue weighted by molar-refractivity contribution is 6.17. The molecule has 3 N–H and O–H groups in total. The summed E-state index contributed by atoms with van der Waals surface area (Å²) < 4.78 is 22.3. The average molecular weight is 469 g/mol. The Morgan fingerprint density at radius 3 is 2.69 bits per heavy atom. The molecule has 0 aliphatic heterocycles. The second-order valence-corrected chi connectivity index (χ2v) is 8.18. The van der Waals surface area contributed by atoms with E-state index in [0.717, 1.165) is 5.39 Å². The third-order valence-corrected chi connectivity index (χ3v) is 6.16. The van der Waals surface area contributed by atoms with E-state index in [1.165, 1.54) is 29.2 Å². The maximum absolute atomic E-state index is 15.1. The number of hydrogen-bond donors (Lipinski definition) is 3. The molecule has 2 aromatic carbocycles. The summed E-state index contributed by atoms with van der Waals surface area (Å²) in [7, 11) is 0. The van der Waals surface area contributed by atoms with Crippen molar-refractivity contribution < 1.29 is 18.7 Å². The van der Waals surface area contributed by atoms with E-state index < -0.39 is 17.3 Å². The van der Waals surface area contributed by atoms with Crippen LogP contribution in [0.1, 0.15) is 16.1 Å². The topological polar surface area (TPSA) is 121 Å². The second-order valence-electron chi connectivity index (χ2n) is 8.18. The van der Waals surface area contributed by atoms with Crippen LogP contribution in [0.25, 0.3) is 43.9 Å². The lowest BCUT2D eigenvalue weighted by Crippen LogP contribution is -2.14. The number of carbonyl (C=O) groups is 1. The van der Waals surface area contributed by atoms with E-state index in [1.54, 1.807) is 42.5 Å². The minimum absolute atomic E-state index is 0.129. The number of rotatable bonds is 4. The number of furan rings is 1. The number of hydrogen-bond acceptors (Lipinski definition) is 4. The number of carboxylic acid groups (broad SMARTS) is 1. The van der Waals surface area contributed by atoms with Gasteiger partial charge in [0, 0.05) is 28.8 Å². The summed E-state index contributed by atoms with van der Waals surface area (Å²) in [4.78, 5) is 42.1. The van der Waals surface area contributed by atoms with E-state index in [2.05, 4.69) is 9.97 Å². The van der Waals surface area contributed by atoms with Crippen LogP contribution in [0, 0.1) is 5.82 Å². The van der Waals surface area contributed by atoms with Gasteiger partial charge in [0.15, 0.2) is 0 Å². The summed E-state index contributed by atoms with van der Waals surface area (Å²) in [6.45, 7) is -0.129. The summed E-state index contributed by atoms with van der Waals surface area (Å²) in [5.74, 6) is -1.87. The van der Waals surface area contributed by atoms with Crippen LogP contribution >= 0.6 is 0 Å². The molecule has 0 bridgehead atoms. The van der Waals surface area contributed by atoms with Crippen molar-refractivity contribution in [1.29, 1.82) is 0 Å². The van der Waals surface area contributed by atoms with Gasteiger partial charge in [-0.1, -0.05) is 0 Å². The molecule has 0 saturated heterocycles. The molecule has 4 heterocycles. The number of pyridine rings is 2. The molecule has 0 aliphatic rings. The Morgan fingerprint density at radius 2 is 1.89 bits per heavy atom. The summed E-state index contributed by atoms with van der Waals surface area (Å²) >= 11 is 0. The Hall–Kier alpha value is -4.92. The highest BCUT2D eigenvalue weighted by Crippen LogP contribution is 2.39. The SMILES string of the molecule is O=C(O)c1c(-c2ccc[nH]c2=O)c2c3occc3ccc2n1Cc1cc2ccc(=O)[nH]c2cc1F. The number of benzene rings is 2. The summed E-state index contributed by atoms with van der Waals surface area (Å²) in [6.07, 6.45) is 2.95. The zero-order valence-corrected chi connectivity index (χ0v) is 18.0. The monoisotopic (exact) mass is 469 g/mol. The van der Waals surface area contributed by atoms with Gasteiger partial charge in [0.25, 0.3) is 5.56 Å².